The number of hydrogen-bond donors (Lipinski definition) is 1. The van der Waals surface area contributed by atoms with Gasteiger partial charge >= 0.3 is 0 Å². The number of nitrogens with zero attached hydrogens (tertiary/aromatic N) is 1. The van der Waals surface area contributed by atoms with Gasteiger partial charge in [-0.1, -0.05) is 43.3 Å². The Bertz CT molecular complexity index is 957. The summed E-state index contributed by atoms with van der Waals surface area (Å²) in [6.45, 7) is 4.19. The van der Waals surface area contributed by atoms with Gasteiger partial charge in [0.15, 0.2) is 6.10 Å². The molecule has 1 N–H and O–H groups in total. The molecule has 0 aromatic heterocycles. The van der Waals surface area contributed by atoms with E-state index in [0.717, 1.165) is 35.3 Å². The van der Waals surface area contributed by atoms with Gasteiger partial charge in [0.2, 0.25) is 0 Å². The van der Waals surface area contributed by atoms with Crippen LogP contribution in [0.5, 0.6) is 5.75 Å². The van der Waals surface area contributed by atoms with Crippen LogP contribution in [-0.2, 0) is 4.79 Å². The normalized spacial score (nSPS) is 15.1. The van der Waals surface area contributed by atoms with Gasteiger partial charge in [-0.25, -0.2) is 0 Å². The summed E-state index contributed by atoms with van der Waals surface area (Å²) in [5.74, 6) is 0.622. The molecule has 3 aromatic carbocycles. The van der Waals surface area contributed by atoms with Crippen molar-refractivity contribution in [1.29, 1.82) is 0 Å². The summed E-state index contributed by atoms with van der Waals surface area (Å²) in [6.07, 6.45) is 3.88. The number of rotatable bonds is 6. The molecule has 1 fully saturated rings. The van der Waals surface area contributed by atoms with E-state index in [1.54, 1.807) is 0 Å². The molecule has 3 aromatic rings. The molecule has 0 bridgehead atoms. The van der Waals surface area contributed by atoms with Gasteiger partial charge < -0.3 is 15.0 Å². The Morgan fingerprint density at radius 2 is 1.69 bits per heavy atom. The lowest BCUT2D eigenvalue weighted by molar-refractivity contribution is -0.122. The van der Waals surface area contributed by atoms with Gasteiger partial charge in [0.25, 0.3) is 5.91 Å². The zero-order valence-corrected chi connectivity index (χ0v) is 16.9. The Morgan fingerprint density at radius 3 is 2.45 bits per heavy atom. The van der Waals surface area contributed by atoms with Gasteiger partial charge in [0.05, 0.1) is 0 Å². The van der Waals surface area contributed by atoms with Crippen molar-refractivity contribution in [3.63, 3.8) is 0 Å². The summed E-state index contributed by atoms with van der Waals surface area (Å²) in [4.78, 5) is 15.2. The average Bonchev–Trinajstić information content (AvgIpc) is 2.78. The number of fused-ring (bicyclic) bond motifs is 1. The maximum atomic E-state index is 12.8. The Hall–Kier alpha value is -3.01. The minimum atomic E-state index is -0.539. The highest BCUT2D eigenvalue weighted by molar-refractivity contribution is 5.95. The lowest BCUT2D eigenvalue weighted by atomic mass is 10.1. The molecule has 1 amide bonds. The standard InChI is InChI=1S/C25H28N2O2/c1-2-23(29-24-12-8-10-19-9-4-5-11-22(19)24)25(28)26-20-13-15-21(16-14-20)27-17-6-3-7-18-27/h4-5,8-16,23H,2-3,6-7,17-18H2,1H3,(H,26,28)/t23-/m1/s1. The molecule has 1 aliphatic rings. The van der Waals surface area contributed by atoms with E-state index in [4.69, 9.17) is 4.74 Å². The molecule has 4 rings (SSSR count). The second-order valence-corrected chi connectivity index (χ2v) is 7.58. The van der Waals surface area contributed by atoms with Gasteiger partial charge in [0.1, 0.15) is 5.75 Å². The Labute approximate surface area is 172 Å². The molecule has 4 nitrogen and oxygen atoms in total. The average molecular weight is 389 g/mol. The number of ether oxygens (including phenoxy) is 1. The van der Waals surface area contributed by atoms with Crippen molar-refractivity contribution in [2.45, 2.75) is 38.7 Å². The van der Waals surface area contributed by atoms with Crippen LogP contribution >= 0.6 is 0 Å². The first-order valence-electron chi connectivity index (χ1n) is 10.5. The molecule has 0 saturated carbocycles. The molecule has 29 heavy (non-hydrogen) atoms. The third-order valence-corrected chi connectivity index (χ3v) is 5.54. The lowest BCUT2D eigenvalue weighted by Gasteiger charge is -2.29. The summed E-state index contributed by atoms with van der Waals surface area (Å²) in [5.41, 5.74) is 2.03. The Morgan fingerprint density at radius 1 is 0.966 bits per heavy atom. The summed E-state index contributed by atoms with van der Waals surface area (Å²) >= 11 is 0. The van der Waals surface area contributed by atoms with Crippen molar-refractivity contribution in [1.82, 2.24) is 0 Å². The highest BCUT2D eigenvalue weighted by Gasteiger charge is 2.20. The predicted octanol–water partition coefficient (Wildman–Crippen LogP) is 5.63. The van der Waals surface area contributed by atoms with E-state index in [-0.39, 0.29) is 5.91 Å². The summed E-state index contributed by atoms with van der Waals surface area (Å²) < 4.78 is 6.11. The van der Waals surface area contributed by atoms with Crippen LogP contribution in [0.4, 0.5) is 11.4 Å². The first kappa shape index (κ1) is 19.3. The van der Waals surface area contributed by atoms with E-state index < -0.39 is 6.10 Å². The second kappa shape index (κ2) is 8.99. The molecule has 1 saturated heterocycles. The van der Waals surface area contributed by atoms with E-state index in [1.165, 1.54) is 24.9 Å². The third kappa shape index (κ3) is 4.53. The molecule has 0 aliphatic carbocycles. The van der Waals surface area contributed by atoms with Gasteiger partial charge in [-0.05, 0) is 61.4 Å². The van der Waals surface area contributed by atoms with E-state index in [2.05, 4.69) is 22.3 Å². The number of amides is 1. The topological polar surface area (TPSA) is 41.6 Å². The zero-order chi connectivity index (χ0) is 20.1. The van der Waals surface area contributed by atoms with Crippen LogP contribution in [0.3, 0.4) is 0 Å². The van der Waals surface area contributed by atoms with E-state index >= 15 is 0 Å². The number of benzene rings is 3. The molecular weight excluding hydrogens is 360 g/mol. The van der Waals surface area contributed by atoms with Crippen LogP contribution in [0.1, 0.15) is 32.6 Å². The van der Waals surface area contributed by atoms with Crippen molar-refractivity contribution in [3.05, 3.63) is 66.7 Å². The molecule has 150 valence electrons. The fraction of sp³-hybridized carbons (Fsp3) is 0.320. The van der Waals surface area contributed by atoms with Crippen molar-refractivity contribution in [3.8, 4) is 5.75 Å². The van der Waals surface area contributed by atoms with Gasteiger partial charge in [-0.3, -0.25) is 4.79 Å². The molecule has 4 heteroatoms. The molecule has 0 radical (unpaired) electrons. The fourth-order valence-corrected chi connectivity index (χ4v) is 3.90. The van der Waals surface area contributed by atoms with Crippen LogP contribution < -0.4 is 15.0 Å². The van der Waals surface area contributed by atoms with Gasteiger partial charge in [-0.15, -0.1) is 0 Å². The molecular formula is C25H28N2O2. The highest BCUT2D eigenvalue weighted by Crippen LogP contribution is 2.27. The number of hydrogen-bond acceptors (Lipinski definition) is 3. The molecule has 1 atom stereocenters. The smallest absolute Gasteiger partial charge is 0.265 e. The molecule has 1 aliphatic heterocycles. The number of piperidine rings is 1. The predicted molar refractivity (Wildman–Crippen MR) is 120 cm³/mol. The number of carbonyl (C=O) groups is 1. The van der Waals surface area contributed by atoms with Crippen molar-refractivity contribution in [2.24, 2.45) is 0 Å². The minimum Gasteiger partial charge on any atom is -0.480 e. The Kier molecular flexibility index (Phi) is 5.99. The zero-order valence-electron chi connectivity index (χ0n) is 16.9. The van der Waals surface area contributed by atoms with Crippen molar-refractivity contribution in [2.75, 3.05) is 23.3 Å². The molecule has 0 spiro atoms. The quantitative estimate of drug-likeness (QED) is 0.595. The SMILES string of the molecule is CC[C@@H](Oc1cccc2ccccc12)C(=O)Nc1ccc(N2CCCCC2)cc1. The van der Waals surface area contributed by atoms with Crippen molar-refractivity contribution < 1.29 is 9.53 Å². The molecule has 1 heterocycles. The van der Waals surface area contributed by atoms with Crippen molar-refractivity contribution >= 4 is 28.1 Å². The third-order valence-electron chi connectivity index (χ3n) is 5.54. The largest absolute Gasteiger partial charge is 0.480 e. The number of carbonyl (C=O) groups excluding carboxylic acids is 1. The summed E-state index contributed by atoms with van der Waals surface area (Å²) in [5, 5.41) is 5.13. The fourth-order valence-electron chi connectivity index (χ4n) is 3.90. The minimum absolute atomic E-state index is 0.119. The van der Waals surface area contributed by atoms with E-state index in [9.17, 15) is 4.79 Å². The monoisotopic (exact) mass is 388 g/mol. The van der Waals surface area contributed by atoms with Crippen LogP contribution in [0.15, 0.2) is 66.7 Å². The van der Waals surface area contributed by atoms with Crippen LogP contribution in [-0.4, -0.2) is 25.1 Å². The van der Waals surface area contributed by atoms with E-state index in [1.807, 2.05) is 61.5 Å². The maximum absolute atomic E-state index is 12.8. The van der Waals surface area contributed by atoms with Gasteiger partial charge in [0, 0.05) is 29.9 Å². The Balaban J connectivity index is 1.43. The second-order valence-electron chi connectivity index (χ2n) is 7.58. The van der Waals surface area contributed by atoms with Crippen LogP contribution in [0, 0.1) is 0 Å². The van der Waals surface area contributed by atoms with Gasteiger partial charge in [-0.2, -0.15) is 0 Å². The molecule has 0 unspecified atom stereocenters. The van der Waals surface area contributed by atoms with E-state index in [0.29, 0.717) is 6.42 Å². The lowest BCUT2D eigenvalue weighted by Crippen LogP contribution is -2.32. The first-order chi connectivity index (χ1) is 14.2. The van der Waals surface area contributed by atoms with Crippen LogP contribution in [0.25, 0.3) is 10.8 Å². The van der Waals surface area contributed by atoms with Crippen LogP contribution in [0.2, 0.25) is 0 Å². The first-order valence-corrected chi connectivity index (χ1v) is 10.5. The number of nitrogens with one attached hydrogen (secondary N) is 1. The summed E-state index contributed by atoms with van der Waals surface area (Å²) in [6, 6.07) is 22.1. The summed E-state index contributed by atoms with van der Waals surface area (Å²) in [7, 11) is 0. The number of anilines is 2. The maximum Gasteiger partial charge on any atom is 0.265 e. The highest BCUT2D eigenvalue weighted by atomic mass is 16.5.